The van der Waals surface area contributed by atoms with Crippen LogP contribution in [0, 0.1) is 0 Å². The highest BCUT2D eigenvalue weighted by Gasteiger charge is 2.36. The topological polar surface area (TPSA) is 109 Å². The zero-order chi connectivity index (χ0) is 31.4. The summed E-state index contributed by atoms with van der Waals surface area (Å²) >= 11 is 13.6. The zero-order valence-electron chi connectivity index (χ0n) is 24.4. The molecule has 1 aromatic heterocycles. The third kappa shape index (κ3) is 6.13. The average Bonchev–Trinajstić information content (AvgIpc) is 3.04. The van der Waals surface area contributed by atoms with Gasteiger partial charge in [-0.15, -0.1) is 0 Å². The van der Waals surface area contributed by atoms with Crippen molar-refractivity contribution in [1.29, 1.82) is 0 Å². The van der Waals surface area contributed by atoms with Gasteiger partial charge in [0.15, 0.2) is 0 Å². The van der Waals surface area contributed by atoms with Crippen LogP contribution in [0.4, 0.5) is 33.6 Å². The van der Waals surface area contributed by atoms with E-state index in [0.717, 1.165) is 11.1 Å². The maximum absolute atomic E-state index is 14.4. The number of urea groups is 1. The van der Waals surface area contributed by atoms with Crippen LogP contribution in [0.25, 0.3) is 0 Å². The largest absolute Gasteiger partial charge is 0.497 e. The number of carbonyl (C=O) groups excluding carboxylic acids is 2. The normalized spacial score (nSPS) is 12.4. The molecule has 0 bridgehead atoms. The number of rotatable bonds is 10. The minimum absolute atomic E-state index is 0.116. The third-order valence-corrected chi connectivity index (χ3v) is 7.86. The first-order valence-electron chi connectivity index (χ1n) is 13.7. The van der Waals surface area contributed by atoms with Crippen LogP contribution in [0.2, 0.25) is 10.0 Å². The molecule has 10 nitrogen and oxygen atoms in total. The summed E-state index contributed by atoms with van der Waals surface area (Å²) in [5.74, 6) is 1.34. The van der Waals surface area contributed by atoms with Crippen molar-refractivity contribution >= 4 is 64.0 Å². The number of halogens is 2. The van der Waals surface area contributed by atoms with Crippen LogP contribution in [0.3, 0.4) is 0 Å². The number of aryl methyl sites for hydroxylation is 1. The Balaban J connectivity index is 1.59. The number of nitrogens with one attached hydrogen (secondary N) is 2. The van der Waals surface area contributed by atoms with Gasteiger partial charge in [-0.25, -0.2) is 9.78 Å². The summed E-state index contributed by atoms with van der Waals surface area (Å²) in [6.07, 6.45) is 3.44. The molecule has 0 fully saturated rings. The van der Waals surface area contributed by atoms with Crippen molar-refractivity contribution in [2.75, 3.05) is 34.7 Å². The van der Waals surface area contributed by atoms with E-state index in [9.17, 15) is 9.59 Å². The minimum Gasteiger partial charge on any atom is -0.497 e. The van der Waals surface area contributed by atoms with E-state index in [0.29, 0.717) is 51.4 Å². The van der Waals surface area contributed by atoms with Gasteiger partial charge < -0.3 is 20.1 Å². The second-order valence-corrected chi connectivity index (χ2v) is 10.5. The Hall–Kier alpha value is -4.80. The summed E-state index contributed by atoms with van der Waals surface area (Å²) in [6.45, 7) is 5.75. The van der Waals surface area contributed by atoms with Gasteiger partial charge in [0.2, 0.25) is 11.9 Å². The van der Waals surface area contributed by atoms with E-state index >= 15 is 0 Å². The molecule has 0 saturated carbocycles. The van der Waals surface area contributed by atoms with Crippen molar-refractivity contribution in [1.82, 2.24) is 9.97 Å². The first-order chi connectivity index (χ1) is 21.3. The van der Waals surface area contributed by atoms with Crippen LogP contribution in [0.15, 0.2) is 73.4 Å². The Morgan fingerprint density at radius 2 is 1.84 bits per heavy atom. The second kappa shape index (κ2) is 13.2. The number of carbonyl (C=O) groups is 2. The highest BCUT2D eigenvalue weighted by atomic mass is 35.5. The van der Waals surface area contributed by atoms with Crippen LogP contribution in [0.5, 0.6) is 11.5 Å². The van der Waals surface area contributed by atoms with E-state index in [4.69, 9.17) is 37.7 Å². The van der Waals surface area contributed by atoms with E-state index in [1.807, 2.05) is 37.3 Å². The first-order valence-corrected chi connectivity index (χ1v) is 14.5. The van der Waals surface area contributed by atoms with Crippen molar-refractivity contribution in [2.45, 2.75) is 26.4 Å². The molecule has 44 heavy (non-hydrogen) atoms. The van der Waals surface area contributed by atoms with E-state index in [2.05, 4.69) is 22.2 Å². The molecule has 0 saturated heterocycles. The van der Waals surface area contributed by atoms with Crippen molar-refractivity contribution in [3.8, 4) is 11.5 Å². The second-order valence-electron chi connectivity index (χ2n) is 9.78. The molecular formula is C32H30Cl2N6O4. The Labute approximate surface area is 265 Å². The van der Waals surface area contributed by atoms with Gasteiger partial charge in [0.1, 0.15) is 22.3 Å². The number of ether oxygens (including phenoxy) is 2. The fraction of sp³-hybridized carbons (Fsp3) is 0.188. The first kappa shape index (κ1) is 30.7. The van der Waals surface area contributed by atoms with Crippen molar-refractivity contribution in [3.05, 3.63) is 100 Å². The fourth-order valence-corrected chi connectivity index (χ4v) is 5.61. The Bertz CT molecular complexity index is 1720. The van der Waals surface area contributed by atoms with Gasteiger partial charge in [-0.2, -0.15) is 4.98 Å². The molecule has 4 aromatic rings. The summed E-state index contributed by atoms with van der Waals surface area (Å²) in [4.78, 5) is 38.7. The number of benzene rings is 3. The smallest absolute Gasteiger partial charge is 0.330 e. The van der Waals surface area contributed by atoms with E-state index in [-0.39, 0.29) is 36.0 Å². The molecule has 226 valence electrons. The molecule has 1 aliphatic rings. The lowest BCUT2D eigenvalue weighted by atomic mass is 10.1. The summed E-state index contributed by atoms with van der Waals surface area (Å²) < 4.78 is 10.9. The lowest BCUT2D eigenvalue weighted by Crippen LogP contribution is -2.48. The monoisotopic (exact) mass is 632 g/mol. The van der Waals surface area contributed by atoms with Crippen LogP contribution in [0.1, 0.15) is 23.6 Å². The molecule has 0 aliphatic carbocycles. The molecule has 0 spiro atoms. The lowest BCUT2D eigenvalue weighted by Gasteiger charge is -2.37. The maximum Gasteiger partial charge on any atom is 0.330 e. The summed E-state index contributed by atoms with van der Waals surface area (Å²) in [5.41, 5.74) is 3.70. The summed E-state index contributed by atoms with van der Waals surface area (Å²) in [7, 11) is 3.10. The summed E-state index contributed by atoms with van der Waals surface area (Å²) in [5, 5.41) is 6.52. The van der Waals surface area contributed by atoms with Gasteiger partial charge in [0.25, 0.3) is 0 Å². The van der Waals surface area contributed by atoms with E-state index in [1.165, 1.54) is 18.1 Å². The standard InChI is InChI=1S/C32H30Cl2N6O4/c1-5-20-15-25(44-4)28(34)29(27(20)33)39-18-21-16-35-31(37-24-13-8-7-12-23(24)36-26(41)6-2)38-30(21)40(32(39)42)17-19-10-9-11-22(14-19)43-3/h6-16H,2,5,17-18H2,1,3-4H3,(H,36,41)(H,35,37,38). The quantitative estimate of drug-likeness (QED) is 0.176. The predicted molar refractivity (Wildman–Crippen MR) is 174 cm³/mol. The minimum atomic E-state index is -0.386. The number of amides is 3. The number of para-hydroxylation sites is 2. The molecule has 0 atom stereocenters. The Morgan fingerprint density at radius 3 is 2.55 bits per heavy atom. The molecule has 2 N–H and O–H groups in total. The SMILES string of the molecule is C=CC(=O)Nc1ccccc1Nc1ncc2c(n1)N(Cc1cccc(OC)c1)C(=O)N(c1c(Cl)c(CC)cc(OC)c1Cl)C2. The molecule has 12 heteroatoms. The Morgan fingerprint density at radius 1 is 1.07 bits per heavy atom. The number of anilines is 5. The molecule has 3 aromatic carbocycles. The highest BCUT2D eigenvalue weighted by molar-refractivity contribution is 6.41. The van der Waals surface area contributed by atoms with Gasteiger partial charge in [0, 0.05) is 11.8 Å². The molecule has 1 aliphatic heterocycles. The van der Waals surface area contributed by atoms with Gasteiger partial charge in [-0.1, -0.05) is 61.0 Å². The predicted octanol–water partition coefficient (Wildman–Crippen LogP) is 7.38. The van der Waals surface area contributed by atoms with Crippen LogP contribution >= 0.6 is 23.2 Å². The van der Waals surface area contributed by atoms with Crippen molar-refractivity contribution in [2.24, 2.45) is 0 Å². The Kier molecular flexibility index (Phi) is 9.22. The average molecular weight is 634 g/mol. The maximum atomic E-state index is 14.4. The molecule has 2 heterocycles. The van der Waals surface area contributed by atoms with Crippen LogP contribution in [-0.4, -0.2) is 36.1 Å². The van der Waals surface area contributed by atoms with Crippen molar-refractivity contribution < 1.29 is 19.1 Å². The molecule has 5 rings (SSSR count). The highest BCUT2D eigenvalue weighted by Crippen LogP contribution is 2.45. The molecule has 0 radical (unpaired) electrons. The number of hydrogen-bond donors (Lipinski definition) is 2. The van der Waals surface area contributed by atoms with Crippen LogP contribution in [-0.2, 0) is 24.3 Å². The van der Waals surface area contributed by atoms with Gasteiger partial charge in [-0.3, -0.25) is 14.6 Å². The van der Waals surface area contributed by atoms with E-state index in [1.54, 1.807) is 42.5 Å². The van der Waals surface area contributed by atoms with Crippen molar-refractivity contribution in [3.63, 3.8) is 0 Å². The number of fused-ring (bicyclic) bond motifs is 1. The zero-order valence-corrected chi connectivity index (χ0v) is 25.9. The molecule has 3 amide bonds. The van der Waals surface area contributed by atoms with Gasteiger partial charge >= 0.3 is 6.03 Å². The van der Waals surface area contributed by atoms with E-state index < -0.39 is 0 Å². The fourth-order valence-electron chi connectivity index (χ4n) is 4.85. The number of nitrogens with zero attached hydrogens (tertiary/aromatic N) is 4. The van der Waals surface area contributed by atoms with Gasteiger partial charge in [-0.05, 0) is 54.0 Å². The summed E-state index contributed by atoms with van der Waals surface area (Å²) in [6, 6.07) is 15.9. The molecule has 0 unspecified atom stereocenters. The third-order valence-electron chi connectivity index (χ3n) is 7.07. The number of aromatic nitrogens is 2. The van der Waals surface area contributed by atoms with Crippen LogP contribution < -0.4 is 29.9 Å². The number of methoxy groups -OCH3 is 2. The number of hydrogen-bond acceptors (Lipinski definition) is 7. The molecular weight excluding hydrogens is 603 g/mol. The van der Waals surface area contributed by atoms with Gasteiger partial charge in [0.05, 0.1) is 49.4 Å². The lowest BCUT2D eigenvalue weighted by molar-refractivity contribution is -0.111.